The number of alkyl halides is 3. The second kappa shape index (κ2) is 3.57. The van der Waals surface area contributed by atoms with Crippen molar-refractivity contribution in [2.45, 2.75) is 19.0 Å². The van der Waals surface area contributed by atoms with E-state index in [1.807, 2.05) is 0 Å². The van der Waals surface area contributed by atoms with E-state index in [1.165, 1.54) is 6.21 Å². The van der Waals surface area contributed by atoms with Crippen molar-refractivity contribution in [3.05, 3.63) is 28.3 Å². The monoisotopic (exact) mass is 254 g/mol. The Kier molecular flexibility index (Phi) is 2.23. The van der Waals surface area contributed by atoms with Crippen LogP contribution < -0.4 is 5.32 Å². The largest absolute Gasteiger partial charge is 0.416 e. The van der Waals surface area contributed by atoms with Gasteiger partial charge in [0.05, 0.1) is 16.8 Å². The highest BCUT2D eigenvalue weighted by atomic mass is 19.4. The Morgan fingerprint density at radius 1 is 1.33 bits per heavy atom. The number of amides is 1. The minimum absolute atomic E-state index is 0.186. The Hall–Kier alpha value is -1.85. The molecule has 6 heteroatoms. The number of carbonyl (C=O) groups is 1. The SMILES string of the molecule is O=C1N=Cc2cc(C(F)(F)F)c3c(c21)NCCC3. The normalized spacial score (nSPS) is 17.4. The summed E-state index contributed by atoms with van der Waals surface area (Å²) in [6.45, 7) is 0.577. The summed E-state index contributed by atoms with van der Waals surface area (Å²) in [4.78, 5) is 15.1. The standard InChI is InChI=1S/C12H9F3N2O/c13-12(14,15)8-4-6-5-17-11(18)9(6)10-7(8)2-1-3-16-10/h4-5,16H,1-3H2. The predicted octanol–water partition coefficient (Wildman–Crippen LogP) is 2.64. The van der Waals surface area contributed by atoms with Crippen LogP contribution in [-0.2, 0) is 12.6 Å². The highest BCUT2D eigenvalue weighted by Crippen LogP contribution is 2.41. The van der Waals surface area contributed by atoms with Crippen molar-refractivity contribution >= 4 is 17.8 Å². The third-order valence-corrected chi connectivity index (χ3v) is 3.21. The van der Waals surface area contributed by atoms with Crippen molar-refractivity contribution in [1.29, 1.82) is 0 Å². The Morgan fingerprint density at radius 3 is 2.83 bits per heavy atom. The van der Waals surface area contributed by atoms with E-state index in [-0.39, 0.29) is 16.7 Å². The zero-order valence-corrected chi connectivity index (χ0v) is 9.27. The molecule has 2 heterocycles. The molecule has 18 heavy (non-hydrogen) atoms. The first-order valence-electron chi connectivity index (χ1n) is 5.58. The van der Waals surface area contributed by atoms with Gasteiger partial charge in [-0.3, -0.25) is 4.79 Å². The van der Waals surface area contributed by atoms with Crippen LogP contribution in [0.1, 0.15) is 33.5 Å². The van der Waals surface area contributed by atoms with E-state index in [2.05, 4.69) is 10.3 Å². The van der Waals surface area contributed by atoms with E-state index < -0.39 is 17.6 Å². The number of halogens is 3. The molecule has 2 aliphatic rings. The molecule has 0 radical (unpaired) electrons. The van der Waals surface area contributed by atoms with Gasteiger partial charge in [0, 0.05) is 18.3 Å². The van der Waals surface area contributed by atoms with Gasteiger partial charge < -0.3 is 5.32 Å². The number of anilines is 1. The first-order valence-corrected chi connectivity index (χ1v) is 5.58. The molecule has 3 rings (SSSR count). The Labute approximate surface area is 101 Å². The van der Waals surface area contributed by atoms with Crippen LogP contribution in [0, 0.1) is 0 Å². The average Bonchev–Trinajstić information content (AvgIpc) is 2.69. The molecular formula is C12H9F3N2O. The van der Waals surface area contributed by atoms with Gasteiger partial charge in [-0.05, 0) is 24.5 Å². The molecule has 1 N–H and O–H groups in total. The van der Waals surface area contributed by atoms with Gasteiger partial charge in [-0.15, -0.1) is 0 Å². The number of aliphatic imine (C=N–C) groups is 1. The maximum Gasteiger partial charge on any atom is 0.416 e. The number of rotatable bonds is 0. The van der Waals surface area contributed by atoms with Gasteiger partial charge in [0.25, 0.3) is 5.91 Å². The molecule has 1 aromatic carbocycles. The number of benzene rings is 1. The van der Waals surface area contributed by atoms with Crippen molar-refractivity contribution in [1.82, 2.24) is 0 Å². The lowest BCUT2D eigenvalue weighted by Crippen LogP contribution is -2.20. The van der Waals surface area contributed by atoms with Crippen molar-refractivity contribution in [3.63, 3.8) is 0 Å². The summed E-state index contributed by atoms with van der Waals surface area (Å²) >= 11 is 0. The molecule has 0 spiro atoms. The highest BCUT2D eigenvalue weighted by Gasteiger charge is 2.38. The lowest BCUT2D eigenvalue weighted by molar-refractivity contribution is -0.138. The maximum atomic E-state index is 13.0. The molecule has 0 aliphatic carbocycles. The zero-order chi connectivity index (χ0) is 12.9. The molecule has 0 saturated carbocycles. The fraction of sp³-hybridized carbons (Fsp3) is 0.333. The van der Waals surface area contributed by atoms with Crippen LogP contribution in [0.25, 0.3) is 0 Å². The Balaban J connectivity index is 2.30. The van der Waals surface area contributed by atoms with E-state index in [0.717, 1.165) is 6.07 Å². The van der Waals surface area contributed by atoms with Crippen molar-refractivity contribution in [2.75, 3.05) is 11.9 Å². The van der Waals surface area contributed by atoms with Crippen molar-refractivity contribution in [2.24, 2.45) is 4.99 Å². The van der Waals surface area contributed by atoms with Crippen LogP contribution in [0.15, 0.2) is 11.1 Å². The van der Waals surface area contributed by atoms with Gasteiger partial charge in [-0.1, -0.05) is 0 Å². The van der Waals surface area contributed by atoms with Gasteiger partial charge in [-0.25, -0.2) is 4.99 Å². The summed E-state index contributed by atoms with van der Waals surface area (Å²) in [6, 6.07) is 1.02. The third-order valence-electron chi connectivity index (χ3n) is 3.21. The summed E-state index contributed by atoms with van der Waals surface area (Å²) in [7, 11) is 0. The Morgan fingerprint density at radius 2 is 2.11 bits per heavy atom. The summed E-state index contributed by atoms with van der Waals surface area (Å²) in [5, 5.41) is 2.91. The lowest BCUT2D eigenvalue weighted by Gasteiger charge is -2.24. The number of hydrogen-bond donors (Lipinski definition) is 1. The van der Waals surface area contributed by atoms with Crippen LogP contribution >= 0.6 is 0 Å². The first-order chi connectivity index (χ1) is 8.48. The summed E-state index contributed by atoms with van der Waals surface area (Å²) in [5.74, 6) is -0.468. The van der Waals surface area contributed by atoms with E-state index in [4.69, 9.17) is 0 Å². The van der Waals surface area contributed by atoms with E-state index in [1.54, 1.807) is 0 Å². The first kappa shape index (κ1) is 11.3. The number of carbonyl (C=O) groups excluding carboxylic acids is 1. The number of hydrogen-bond acceptors (Lipinski definition) is 2. The quantitative estimate of drug-likeness (QED) is 0.773. The van der Waals surface area contributed by atoms with Gasteiger partial charge in [0.2, 0.25) is 0 Å². The van der Waals surface area contributed by atoms with Crippen LogP contribution in [0.5, 0.6) is 0 Å². The molecule has 0 fully saturated rings. The number of nitrogens with zero attached hydrogens (tertiary/aromatic N) is 1. The predicted molar refractivity (Wildman–Crippen MR) is 60.2 cm³/mol. The molecule has 1 amide bonds. The van der Waals surface area contributed by atoms with E-state index >= 15 is 0 Å². The van der Waals surface area contributed by atoms with Gasteiger partial charge in [0.1, 0.15) is 0 Å². The van der Waals surface area contributed by atoms with Crippen LogP contribution in [0.2, 0.25) is 0 Å². The molecule has 0 unspecified atom stereocenters. The fourth-order valence-corrected chi connectivity index (χ4v) is 2.46. The summed E-state index contributed by atoms with van der Waals surface area (Å²) in [5.41, 5.74) is 0.364. The van der Waals surface area contributed by atoms with Gasteiger partial charge in [-0.2, -0.15) is 13.2 Å². The topological polar surface area (TPSA) is 41.5 Å². The molecule has 2 aliphatic heterocycles. The molecule has 0 bridgehead atoms. The maximum absolute atomic E-state index is 13.0. The molecule has 0 atom stereocenters. The second-order valence-electron chi connectivity index (χ2n) is 4.33. The minimum Gasteiger partial charge on any atom is -0.384 e. The van der Waals surface area contributed by atoms with Crippen LogP contribution in [0.3, 0.4) is 0 Å². The van der Waals surface area contributed by atoms with Crippen molar-refractivity contribution in [3.8, 4) is 0 Å². The molecule has 94 valence electrons. The molecular weight excluding hydrogens is 245 g/mol. The molecule has 3 nitrogen and oxygen atoms in total. The van der Waals surface area contributed by atoms with Crippen LogP contribution in [0.4, 0.5) is 18.9 Å². The highest BCUT2D eigenvalue weighted by molar-refractivity contribution is 6.16. The van der Waals surface area contributed by atoms with Crippen LogP contribution in [-0.4, -0.2) is 18.7 Å². The molecule has 1 aromatic rings. The average molecular weight is 254 g/mol. The smallest absolute Gasteiger partial charge is 0.384 e. The Bertz CT molecular complexity index is 576. The number of nitrogens with one attached hydrogen (secondary N) is 1. The number of fused-ring (bicyclic) bond motifs is 3. The molecule has 0 aromatic heterocycles. The molecule has 0 saturated heterocycles. The fourth-order valence-electron chi connectivity index (χ4n) is 2.46. The lowest BCUT2D eigenvalue weighted by atomic mass is 9.91. The van der Waals surface area contributed by atoms with Gasteiger partial charge >= 0.3 is 6.18 Å². The third kappa shape index (κ3) is 1.52. The zero-order valence-electron chi connectivity index (χ0n) is 9.27. The van der Waals surface area contributed by atoms with Gasteiger partial charge in [0.15, 0.2) is 0 Å². The van der Waals surface area contributed by atoms with E-state index in [9.17, 15) is 18.0 Å². The van der Waals surface area contributed by atoms with E-state index in [0.29, 0.717) is 25.1 Å². The van der Waals surface area contributed by atoms with Crippen molar-refractivity contribution < 1.29 is 18.0 Å². The summed E-state index contributed by atoms with van der Waals surface area (Å²) < 4.78 is 39.0. The minimum atomic E-state index is -4.41. The summed E-state index contributed by atoms with van der Waals surface area (Å²) in [6.07, 6.45) is -2.25. The second-order valence-corrected chi connectivity index (χ2v) is 4.33.